The van der Waals surface area contributed by atoms with E-state index in [-0.39, 0.29) is 36.9 Å². The van der Waals surface area contributed by atoms with Crippen LogP contribution in [0.1, 0.15) is 15.3 Å². The number of rotatable bonds is 2. The average molecular weight is 154 g/mol. The third kappa shape index (κ3) is 4.04. The van der Waals surface area contributed by atoms with Crippen molar-refractivity contribution in [1.82, 2.24) is 0 Å². The Morgan fingerprint density at radius 2 is 1.80 bits per heavy atom. The first-order valence-corrected chi connectivity index (χ1v) is 2.71. The number of methoxy groups -OCH3 is 1. The van der Waals surface area contributed by atoms with Crippen LogP contribution in [0.5, 0.6) is 0 Å². The van der Waals surface area contributed by atoms with Crippen LogP contribution in [-0.2, 0) is 14.3 Å². The van der Waals surface area contributed by atoms with Gasteiger partial charge in [-0.25, -0.2) is 4.79 Å². The van der Waals surface area contributed by atoms with E-state index in [2.05, 4.69) is 4.74 Å². The first kappa shape index (κ1) is 12.8. The molecular formula is C6H11NaO3. The predicted molar refractivity (Wildman–Crippen MR) is 33.0 cm³/mol. The standard InChI is InChI=1S/C6H10O3.Na.H/c1-4(2)5(7)6(8)9-3;;/h4H,1-3H3;;/q;+1;-1. The van der Waals surface area contributed by atoms with Crippen LogP contribution in [0.25, 0.3) is 0 Å². The average Bonchev–Trinajstić information content (AvgIpc) is 1.84. The van der Waals surface area contributed by atoms with Gasteiger partial charge in [0.2, 0.25) is 5.78 Å². The molecule has 4 heteroatoms. The van der Waals surface area contributed by atoms with Crippen LogP contribution in [-0.4, -0.2) is 18.9 Å². The zero-order chi connectivity index (χ0) is 7.44. The summed E-state index contributed by atoms with van der Waals surface area (Å²) < 4.78 is 4.18. The summed E-state index contributed by atoms with van der Waals surface area (Å²) >= 11 is 0. The summed E-state index contributed by atoms with van der Waals surface area (Å²) in [7, 11) is 1.20. The van der Waals surface area contributed by atoms with Gasteiger partial charge < -0.3 is 6.16 Å². The number of hydrogen-bond donors (Lipinski definition) is 0. The van der Waals surface area contributed by atoms with E-state index in [1.54, 1.807) is 13.8 Å². The molecule has 10 heavy (non-hydrogen) atoms. The maximum atomic E-state index is 10.6. The van der Waals surface area contributed by atoms with E-state index in [9.17, 15) is 9.59 Å². The van der Waals surface area contributed by atoms with Crippen molar-refractivity contribution >= 4 is 11.8 Å². The first-order chi connectivity index (χ1) is 4.09. The van der Waals surface area contributed by atoms with E-state index < -0.39 is 11.8 Å². The van der Waals surface area contributed by atoms with E-state index in [1.165, 1.54) is 7.11 Å². The Labute approximate surface area is 83.9 Å². The Morgan fingerprint density at radius 1 is 1.40 bits per heavy atom. The van der Waals surface area contributed by atoms with Gasteiger partial charge in [0.05, 0.1) is 7.11 Å². The molecule has 0 aliphatic rings. The molecule has 0 saturated heterocycles. The molecule has 0 aliphatic carbocycles. The first-order valence-electron chi connectivity index (χ1n) is 2.71. The Morgan fingerprint density at radius 3 is 1.90 bits per heavy atom. The normalized spacial score (nSPS) is 8.40. The molecule has 0 amide bonds. The summed E-state index contributed by atoms with van der Waals surface area (Å²) in [5.74, 6) is -1.50. The molecule has 0 N–H and O–H groups in total. The molecule has 54 valence electrons. The van der Waals surface area contributed by atoms with Gasteiger partial charge in [-0.2, -0.15) is 0 Å². The van der Waals surface area contributed by atoms with E-state index in [0.29, 0.717) is 0 Å². The van der Waals surface area contributed by atoms with Crippen molar-refractivity contribution in [2.45, 2.75) is 13.8 Å². The van der Waals surface area contributed by atoms with Gasteiger partial charge in [0.15, 0.2) is 0 Å². The molecular weight excluding hydrogens is 143 g/mol. The van der Waals surface area contributed by atoms with Crippen LogP contribution >= 0.6 is 0 Å². The third-order valence-electron chi connectivity index (χ3n) is 0.911. The Kier molecular flexibility index (Phi) is 7.53. The smallest absolute Gasteiger partial charge is 1.00 e. The topological polar surface area (TPSA) is 43.4 Å². The van der Waals surface area contributed by atoms with Crippen molar-refractivity contribution in [3.63, 3.8) is 0 Å². The zero-order valence-corrected chi connectivity index (χ0v) is 8.80. The SMILES string of the molecule is COC(=O)C(=O)C(C)C.[H-].[Na+]. The van der Waals surface area contributed by atoms with Gasteiger partial charge in [0, 0.05) is 5.92 Å². The molecule has 0 aromatic heterocycles. The number of ether oxygens (including phenoxy) is 1. The molecule has 0 aliphatic heterocycles. The van der Waals surface area contributed by atoms with Gasteiger partial charge >= 0.3 is 35.5 Å². The predicted octanol–water partition coefficient (Wildman–Crippen LogP) is -2.50. The molecule has 0 aromatic carbocycles. The van der Waals surface area contributed by atoms with Crippen LogP contribution < -0.4 is 29.6 Å². The van der Waals surface area contributed by atoms with E-state index in [1.807, 2.05) is 0 Å². The fourth-order valence-electron chi connectivity index (χ4n) is 0.336. The molecule has 0 bridgehead atoms. The molecule has 0 heterocycles. The van der Waals surface area contributed by atoms with E-state index in [0.717, 1.165) is 0 Å². The molecule has 3 nitrogen and oxygen atoms in total. The second-order valence-corrected chi connectivity index (χ2v) is 2.01. The summed E-state index contributed by atoms with van der Waals surface area (Å²) in [4.78, 5) is 21.0. The van der Waals surface area contributed by atoms with Crippen molar-refractivity contribution in [2.24, 2.45) is 5.92 Å². The summed E-state index contributed by atoms with van der Waals surface area (Å²) in [6.45, 7) is 3.30. The van der Waals surface area contributed by atoms with Crippen LogP contribution in [0.15, 0.2) is 0 Å². The number of ketones is 1. The Balaban J connectivity index is -0.000000320. The quantitative estimate of drug-likeness (QED) is 0.251. The fourth-order valence-corrected chi connectivity index (χ4v) is 0.336. The van der Waals surface area contributed by atoms with E-state index in [4.69, 9.17) is 0 Å². The summed E-state index contributed by atoms with van der Waals surface area (Å²) in [6.07, 6.45) is 0. The largest absolute Gasteiger partial charge is 1.00 e. The van der Waals surface area contributed by atoms with Crippen molar-refractivity contribution < 1.29 is 45.3 Å². The Bertz CT molecular complexity index is 136. The van der Waals surface area contributed by atoms with Gasteiger partial charge in [-0.15, -0.1) is 0 Å². The number of esters is 1. The maximum Gasteiger partial charge on any atom is 1.00 e. The third-order valence-corrected chi connectivity index (χ3v) is 0.911. The molecule has 0 spiro atoms. The molecule has 0 atom stereocenters. The van der Waals surface area contributed by atoms with Gasteiger partial charge in [0.1, 0.15) is 0 Å². The van der Waals surface area contributed by atoms with Gasteiger partial charge in [-0.05, 0) is 0 Å². The number of hydrogen-bond acceptors (Lipinski definition) is 3. The second-order valence-electron chi connectivity index (χ2n) is 2.01. The maximum absolute atomic E-state index is 10.6. The summed E-state index contributed by atoms with van der Waals surface area (Å²) in [5, 5.41) is 0. The summed E-state index contributed by atoms with van der Waals surface area (Å²) in [6, 6.07) is 0. The molecule has 0 fully saturated rings. The van der Waals surface area contributed by atoms with Crippen LogP contribution in [0.4, 0.5) is 0 Å². The molecule has 0 aromatic rings. The Hall–Kier alpha value is 0.140. The van der Waals surface area contributed by atoms with Gasteiger partial charge in [-0.3, -0.25) is 4.79 Å². The minimum atomic E-state index is -0.759. The number of Topliss-reactive ketones (excluding diaryl/α,β-unsaturated/α-hetero) is 1. The van der Waals surface area contributed by atoms with Gasteiger partial charge in [-0.1, -0.05) is 13.8 Å². The summed E-state index contributed by atoms with van der Waals surface area (Å²) in [5.41, 5.74) is 0. The van der Waals surface area contributed by atoms with Crippen molar-refractivity contribution in [3.05, 3.63) is 0 Å². The minimum Gasteiger partial charge on any atom is -1.00 e. The van der Waals surface area contributed by atoms with Crippen LogP contribution in [0.2, 0.25) is 0 Å². The molecule has 0 unspecified atom stereocenters. The molecule has 0 rings (SSSR count). The van der Waals surface area contributed by atoms with Crippen LogP contribution in [0, 0.1) is 5.92 Å². The van der Waals surface area contributed by atoms with Gasteiger partial charge in [0.25, 0.3) is 0 Å². The number of carbonyl (C=O) groups excluding carboxylic acids is 2. The van der Waals surface area contributed by atoms with Crippen molar-refractivity contribution in [3.8, 4) is 0 Å². The minimum absolute atomic E-state index is 0. The molecule has 0 saturated carbocycles. The van der Waals surface area contributed by atoms with Crippen molar-refractivity contribution in [2.75, 3.05) is 7.11 Å². The zero-order valence-electron chi connectivity index (χ0n) is 7.80. The molecule has 0 radical (unpaired) electrons. The van der Waals surface area contributed by atoms with E-state index >= 15 is 0 Å². The van der Waals surface area contributed by atoms with Crippen LogP contribution in [0.3, 0.4) is 0 Å². The monoisotopic (exact) mass is 154 g/mol. The number of carbonyl (C=O) groups is 2. The second kappa shape index (κ2) is 5.89. The van der Waals surface area contributed by atoms with Crippen molar-refractivity contribution in [1.29, 1.82) is 0 Å². The fraction of sp³-hybridized carbons (Fsp3) is 0.667.